The van der Waals surface area contributed by atoms with Crippen LogP contribution in [-0.4, -0.2) is 63.1 Å². The topological polar surface area (TPSA) is 167 Å². The quantitative estimate of drug-likeness (QED) is 0.360. The Kier molecular flexibility index (Phi) is 8.73. The van der Waals surface area contributed by atoms with Crippen LogP contribution in [0.4, 0.5) is 11.5 Å². The largest absolute Gasteiger partial charge is 0.452 e. The number of nitrogens with one attached hydrogen (secondary N) is 1. The molecule has 192 valence electrons. The van der Waals surface area contributed by atoms with Crippen LogP contribution in [0.1, 0.15) is 35.8 Å². The van der Waals surface area contributed by atoms with Crippen molar-refractivity contribution in [2.24, 2.45) is 0 Å². The minimum absolute atomic E-state index is 0.0528. The Morgan fingerprint density at radius 3 is 2.69 bits per heavy atom. The number of carbonyl (C=O) groups excluding carboxylic acids is 2. The third kappa shape index (κ3) is 5.68. The first-order valence-electron chi connectivity index (χ1n) is 11.3. The number of carbonyl (C=O) groups is 2. The highest BCUT2D eigenvalue weighted by Crippen LogP contribution is 2.18. The molecule has 3 heterocycles. The Bertz CT molecular complexity index is 1330. The number of anilines is 2. The molecule has 3 N–H and O–H groups in total. The first kappa shape index (κ1) is 26.3. The number of esters is 1. The van der Waals surface area contributed by atoms with Gasteiger partial charge in [-0.1, -0.05) is 19.4 Å². The van der Waals surface area contributed by atoms with Crippen LogP contribution in [0.3, 0.4) is 0 Å². The molecule has 36 heavy (non-hydrogen) atoms. The van der Waals surface area contributed by atoms with Gasteiger partial charge in [0.1, 0.15) is 11.4 Å². The van der Waals surface area contributed by atoms with Gasteiger partial charge in [-0.2, -0.15) is 5.10 Å². The lowest BCUT2D eigenvalue weighted by Crippen LogP contribution is -2.44. The van der Waals surface area contributed by atoms with Crippen LogP contribution in [0.25, 0.3) is 5.82 Å². The number of nitrogens with two attached hydrogens (primary N) is 1. The van der Waals surface area contributed by atoms with Crippen LogP contribution in [0.15, 0.2) is 40.2 Å². The summed E-state index contributed by atoms with van der Waals surface area (Å²) in [5.74, 6) is -1.12. The number of amides is 1. The molecule has 0 radical (unpaired) electrons. The van der Waals surface area contributed by atoms with Crippen molar-refractivity contribution in [3.63, 3.8) is 0 Å². The number of pyridine rings is 1. The van der Waals surface area contributed by atoms with E-state index in [0.717, 1.165) is 11.3 Å². The molecule has 0 spiro atoms. The van der Waals surface area contributed by atoms with E-state index in [4.69, 9.17) is 15.2 Å². The number of H-pyrrole nitrogens is 1. The lowest BCUT2D eigenvalue weighted by Gasteiger charge is -2.24. The third-order valence-corrected chi connectivity index (χ3v) is 5.46. The molecule has 13 nitrogen and oxygen atoms in total. The van der Waals surface area contributed by atoms with Crippen LogP contribution >= 0.6 is 0 Å². The summed E-state index contributed by atoms with van der Waals surface area (Å²) < 4.78 is 13.0. The second-order valence-electron chi connectivity index (χ2n) is 7.86. The van der Waals surface area contributed by atoms with E-state index in [-0.39, 0.29) is 36.8 Å². The van der Waals surface area contributed by atoms with Gasteiger partial charge >= 0.3 is 11.7 Å². The van der Waals surface area contributed by atoms with E-state index in [1.807, 2.05) is 6.92 Å². The van der Waals surface area contributed by atoms with Crippen LogP contribution in [0.2, 0.25) is 0 Å². The number of ether oxygens (including phenoxy) is 2. The van der Waals surface area contributed by atoms with Gasteiger partial charge in [-0.25, -0.2) is 19.3 Å². The lowest BCUT2D eigenvalue weighted by molar-refractivity contribution is -0.121. The molecule has 3 rings (SSSR count). The number of nitrogen functional groups attached to an aromatic ring is 1. The number of hydrogen-bond donors (Lipinski definition) is 2. The van der Waals surface area contributed by atoms with E-state index in [2.05, 4.69) is 15.1 Å². The molecule has 3 aromatic rings. The summed E-state index contributed by atoms with van der Waals surface area (Å²) in [5, 5.41) is 4.17. The number of methoxy groups -OCH3 is 1. The number of hydrogen-bond acceptors (Lipinski definition) is 9. The fourth-order valence-electron chi connectivity index (χ4n) is 3.52. The van der Waals surface area contributed by atoms with Gasteiger partial charge in [0.05, 0.1) is 18.5 Å². The molecule has 0 unspecified atom stereocenters. The van der Waals surface area contributed by atoms with Crippen LogP contribution in [0, 0.1) is 6.92 Å². The predicted octanol–water partition coefficient (Wildman–Crippen LogP) is 0.644. The fraction of sp³-hybridized carbons (Fsp3) is 0.391. The molecular weight excluding hydrogens is 470 g/mol. The molecule has 0 atom stereocenters. The number of nitrogens with zero attached hydrogens (tertiary/aromatic N) is 5. The molecule has 0 aliphatic rings. The second-order valence-corrected chi connectivity index (χ2v) is 7.86. The molecule has 0 aliphatic carbocycles. The van der Waals surface area contributed by atoms with Gasteiger partial charge in [-0.05, 0) is 25.5 Å². The van der Waals surface area contributed by atoms with Crippen molar-refractivity contribution in [3.05, 3.63) is 62.7 Å². The van der Waals surface area contributed by atoms with E-state index in [9.17, 15) is 19.2 Å². The number of aromatic amines is 1. The molecule has 0 saturated heterocycles. The summed E-state index contributed by atoms with van der Waals surface area (Å²) in [5.41, 5.74) is 5.08. The maximum Gasteiger partial charge on any atom is 0.342 e. The Morgan fingerprint density at radius 2 is 2.03 bits per heavy atom. The van der Waals surface area contributed by atoms with E-state index in [1.54, 1.807) is 31.3 Å². The standard InChI is InChI=1S/C23H29N7O6/c1-4-5-10-29-20(24)19(21(32)27-23(29)34)28(11-12-35-3)18(31)14-36-22(33)16-13-26-30(15(16)2)17-8-6-7-9-25-17/h6-9,13H,4-5,10-12,14,24H2,1-3H3,(H,27,32,34). The summed E-state index contributed by atoms with van der Waals surface area (Å²) in [6.07, 6.45) is 4.36. The minimum atomic E-state index is -0.825. The van der Waals surface area contributed by atoms with Crippen LogP contribution < -0.4 is 21.9 Å². The van der Waals surface area contributed by atoms with Gasteiger partial charge in [0.25, 0.3) is 11.5 Å². The Balaban J connectivity index is 1.82. The van der Waals surface area contributed by atoms with Crippen molar-refractivity contribution in [1.82, 2.24) is 24.3 Å². The summed E-state index contributed by atoms with van der Waals surface area (Å²) >= 11 is 0. The average molecular weight is 500 g/mol. The number of unbranched alkanes of at least 4 members (excludes halogenated alkanes) is 1. The molecule has 0 aromatic carbocycles. The maximum absolute atomic E-state index is 13.1. The van der Waals surface area contributed by atoms with Crippen molar-refractivity contribution >= 4 is 23.4 Å². The number of aromatic nitrogens is 5. The zero-order valence-electron chi connectivity index (χ0n) is 20.4. The van der Waals surface area contributed by atoms with Gasteiger partial charge in [-0.15, -0.1) is 0 Å². The summed E-state index contributed by atoms with van der Waals surface area (Å²) in [6.45, 7) is 3.23. The van der Waals surface area contributed by atoms with Gasteiger partial charge < -0.3 is 15.2 Å². The fourth-order valence-corrected chi connectivity index (χ4v) is 3.52. The molecule has 0 bridgehead atoms. The van der Waals surface area contributed by atoms with E-state index < -0.39 is 29.7 Å². The smallest absolute Gasteiger partial charge is 0.342 e. The minimum Gasteiger partial charge on any atom is -0.452 e. The highest BCUT2D eigenvalue weighted by atomic mass is 16.5. The van der Waals surface area contributed by atoms with E-state index in [0.29, 0.717) is 17.9 Å². The Hall–Kier alpha value is -4.26. The molecular formula is C23H29N7O6. The monoisotopic (exact) mass is 499 g/mol. The first-order valence-corrected chi connectivity index (χ1v) is 11.3. The number of rotatable bonds is 11. The van der Waals surface area contributed by atoms with Gasteiger partial charge in [0, 0.05) is 26.4 Å². The highest BCUT2D eigenvalue weighted by Gasteiger charge is 2.26. The first-order chi connectivity index (χ1) is 17.3. The molecule has 3 aromatic heterocycles. The molecule has 1 amide bonds. The lowest BCUT2D eigenvalue weighted by atomic mass is 10.2. The second kappa shape index (κ2) is 11.9. The van der Waals surface area contributed by atoms with Crippen molar-refractivity contribution < 1.29 is 19.1 Å². The zero-order chi connectivity index (χ0) is 26.2. The molecule has 0 aliphatic heterocycles. The SMILES string of the molecule is CCCCn1c(N)c(N(CCOC)C(=O)COC(=O)c2cnn(-c3ccccn3)c2C)c(=O)[nH]c1=O. The summed E-state index contributed by atoms with van der Waals surface area (Å²) in [6, 6.07) is 5.27. The van der Waals surface area contributed by atoms with Crippen LogP contribution in [-0.2, 0) is 20.8 Å². The summed E-state index contributed by atoms with van der Waals surface area (Å²) in [4.78, 5) is 58.1. The maximum atomic E-state index is 13.1. The van der Waals surface area contributed by atoms with Crippen LogP contribution in [0.5, 0.6) is 0 Å². The van der Waals surface area contributed by atoms with Crippen molar-refractivity contribution in [2.75, 3.05) is 37.5 Å². The Morgan fingerprint density at radius 1 is 1.25 bits per heavy atom. The zero-order valence-corrected chi connectivity index (χ0v) is 20.4. The summed E-state index contributed by atoms with van der Waals surface area (Å²) in [7, 11) is 1.43. The molecule has 0 fully saturated rings. The van der Waals surface area contributed by atoms with Gasteiger partial charge in [0.2, 0.25) is 0 Å². The Labute approximate surface area is 206 Å². The van der Waals surface area contributed by atoms with Crippen molar-refractivity contribution in [1.29, 1.82) is 0 Å². The van der Waals surface area contributed by atoms with Crippen molar-refractivity contribution in [2.45, 2.75) is 33.2 Å². The highest BCUT2D eigenvalue weighted by molar-refractivity contribution is 5.98. The van der Waals surface area contributed by atoms with Crippen molar-refractivity contribution in [3.8, 4) is 5.82 Å². The molecule has 0 saturated carbocycles. The normalized spacial score (nSPS) is 10.9. The van der Waals surface area contributed by atoms with E-state index >= 15 is 0 Å². The average Bonchev–Trinajstić information content (AvgIpc) is 3.25. The molecule has 13 heteroatoms. The van der Waals surface area contributed by atoms with E-state index in [1.165, 1.54) is 22.6 Å². The van der Waals surface area contributed by atoms with Gasteiger partial charge in [0.15, 0.2) is 18.1 Å². The predicted molar refractivity (Wildman–Crippen MR) is 131 cm³/mol. The van der Waals surface area contributed by atoms with Gasteiger partial charge in [-0.3, -0.25) is 24.0 Å². The third-order valence-electron chi connectivity index (χ3n) is 5.46.